The highest BCUT2D eigenvalue weighted by molar-refractivity contribution is 6.04. The van der Waals surface area contributed by atoms with Crippen molar-refractivity contribution >= 4 is 29.1 Å². The second-order valence-corrected chi connectivity index (χ2v) is 7.14. The number of likely N-dealkylation sites (tertiary alicyclic amines) is 1. The van der Waals surface area contributed by atoms with Crippen LogP contribution >= 0.6 is 0 Å². The van der Waals surface area contributed by atoms with Crippen LogP contribution in [0.3, 0.4) is 0 Å². The molecule has 1 fully saturated rings. The van der Waals surface area contributed by atoms with Crippen molar-refractivity contribution in [2.45, 2.75) is 19.3 Å². The zero-order valence-corrected chi connectivity index (χ0v) is 16.1. The number of amides is 3. The lowest BCUT2D eigenvalue weighted by atomic mass is 10.1. The molecule has 2 aliphatic rings. The first-order valence-electron chi connectivity index (χ1n) is 9.84. The maximum Gasteiger partial charge on any atom is 0.265 e. The van der Waals surface area contributed by atoms with E-state index in [1.54, 1.807) is 41.3 Å². The molecule has 3 amide bonds. The first kappa shape index (κ1) is 19.0. The number of carbonyl (C=O) groups excluding carboxylic acids is 3. The molecule has 2 heterocycles. The second kappa shape index (κ2) is 8.34. The van der Waals surface area contributed by atoms with Crippen LogP contribution in [-0.4, -0.2) is 48.9 Å². The minimum Gasteiger partial charge on any atom is -0.482 e. The third-order valence-electron chi connectivity index (χ3n) is 5.20. The first-order valence-corrected chi connectivity index (χ1v) is 9.84. The van der Waals surface area contributed by atoms with E-state index in [1.165, 1.54) is 0 Å². The largest absolute Gasteiger partial charge is 0.482 e. The van der Waals surface area contributed by atoms with Crippen molar-refractivity contribution in [1.82, 2.24) is 4.90 Å². The fraction of sp³-hybridized carbons (Fsp3) is 0.318. The summed E-state index contributed by atoms with van der Waals surface area (Å²) >= 11 is 0. The van der Waals surface area contributed by atoms with Crippen molar-refractivity contribution in [2.24, 2.45) is 0 Å². The highest BCUT2D eigenvalue weighted by Gasteiger charge is 2.26. The van der Waals surface area contributed by atoms with Gasteiger partial charge in [-0.2, -0.15) is 0 Å². The van der Waals surface area contributed by atoms with E-state index < -0.39 is 0 Å². The molecule has 0 radical (unpaired) electrons. The van der Waals surface area contributed by atoms with Gasteiger partial charge >= 0.3 is 0 Å². The van der Waals surface area contributed by atoms with Crippen molar-refractivity contribution in [1.29, 1.82) is 0 Å². The van der Waals surface area contributed by atoms with Crippen molar-refractivity contribution < 1.29 is 19.1 Å². The molecule has 7 nitrogen and oxygen atoms in total. The van der Waals surface area contributed by atoms with Gasteiger partial charge in [0, 0.05) is 26.1 Å². The lowest BCUT2D eigenvalue weighted by Gasteiger charge is -2.29. The maximum atomic E-state index is 12.7. The van der Waals surface area contributed by atoms with Crippen LogP contribution in [0.25, 0.3) is 0 Å². The predicted molar refractivity (Wildman–Crippen MR) is 109 cm³/mol. The summed E-state index contributed by atoms with van der Waals surface area (Å²) in [6.45, 7) is 1.71. The van der Waals surface area contributed by atoms with Gasteiger partial charge in [-0.05, 0) is 37.1 Å². The Morgan fingerprint density at radius 2 is 1.72 bits per heavy atom. The lowest BCUT2D eigenvalue weighted by Crippen LogP contribution is -2.40. The molecule has 2 aliphatic heterocycles. The van der Waals surface area contributed by atoms with E-state index in [4.69, 9.17) is 4.74 Å². The summed E-state index contributed by atoms with van der Waals surface area (Å²) in [6.07, 6.45) is 2.14. The quantitative estimate of drug-likeness (QED) is 0.847. The number of nitrogens with zero attached hydrogens (tertiary/aromatic N) is 2. The Morgan fingerprint density at radius 3 is 2.55 bits per heavy atom. The standard InChI is InChI=1S/C22H23N3O4/c26-20(11-14-25-18-9-3-4-10-19(18)29-15-21(25)27)23-17-8-2-1-7-16(17)22(28)24-12-5-6-13-24/h1-4,7-10H,5-6,11-15H2,(H,23,26). The molecule has 0 bridgehead atoms. The van der Waals surface area contributed by atoms with Gasteiger partial charge in [0.15, 0.2) is 6.61 Å². The molecule has 0 unspecified atom stereocenters. The number of rotatable bonds is 5. The number of anilines is 2. The fourth-order valence-electron chi connectivity index (χ4n) is 3.69. The van der Waals surface area contributed by atoms with Gasteiger partial charge < -0.3 is 19.9 Å². The summed E-state index contributed by atoms with van der Waals surface area (Å²) in [5.74, 6) is 0.148. The molecular weight excluding hydrogens is 370 g/mol. The maximum absolute atomic E-state index is 12.7. The highest BCUT2D eigenvalue weighted by Crippen LogP contribution is 2.31. The van der Waals surface area contributed by atoms with Crippen molar-refractivity contribution in [3.63, 3.8) is 0 Å². The van der Waals surface area contributed by atoms with Crippen LogP contribution in [0.2, 0.25) is 0 Å². The zero-order chi connectivity index (χ0) is 20.2. The van der Waals surface area contributed by atoms with Crippen LogP contribution in [0.15, 0.2) is 48.5 Å². The minimum atomic E-state index is -0.247. The van der Waals surface area contributed by atoms with Gasteiger partial charge in [0.25, 0.3) is 11.8 Å². The predicted octanol–water partition coefficient (Wildman–Crippen LogP) is 2.68. The second-order valence-electron chi connectivity index (χ2n) is 7.14. The minimum absolute atomic E-state index is 0.0359. The first-order chi connectivity index (χ1) is 14.1. The van der Waals surface area contributed by atoms with Crippen LogP contribution in [0.4, 0.5) is 11.4 Å². The van der Waals surface area contributed by atoms with Crippen molar-refractivity contribution in [3.05, 3.63) is 54.1 Å². The van der Waals surface area contributed by atoms with Gasteiger partial charge in [-0.1, -0.05) is 24.3 Å². The number of para-hydroxylation sites is 3. The molecule has 1 saturated heterocycles. The average molecular weight is 393 g/mol. The molecule has 7 heteroatoms. The summed E-state index contributed by atoms with van der Waals surface area (Å²) in [5.41, 5.74) is 1.67. The topological polar surface area (TPSA) is 79.0 Å². The Labute approximate surface area is 169 Å². The van der Waals surface area contributed by atoms with E-state index in [9.17, 15) is 14.4 Å². The molecule has 150 valence electrons. The molecule has 0 atom stereocenters. The van der Waals surface area contributed by atoms with Gasteiger partial charge in [0.05, 0.1) is 16.9 Å². The molecule has 29 heavy (non-hydrogen) atoms. The summed E-state index contributed by atoms with van der Waals surface area (Å²) in [6, 6.07) is 14.3. The third-order valence-corrected chi connectivity index (χ3v) is 5.20. The van der Waals surface area contributed by atoms with E-state index in [0.717, 1.165) is 25.9 Å². The monoisotopic (exact) mass is 393 g/mol. The SMILES string of the molecule is O=C(CCN1C(=O)COc2ccccc21)Nc1ccccc1C(=O)N1CCCC1. The average Bonchev–Trinajstić information content (AvgIpc) is 3.28. The smallest absolute Gasteiger partial charge is 0.265 e. The molecule has 2 aromatic rings. The van der Waals surface area contributed by atoms with Gasteiger partial charge in [-0.3, -0.25) is 14.4 Å². The molecular formula is C22H23N3O4. The van der Waals surface area contributed by atoms with E-state index in [-0.39, 0.29) is 37.3 Å². The number of ether oxygens (including phenoxy) is 1. The molecule has 0 aromatic heterocycles. The summed E-state index contributed by atoms with van der Waals surface area (Å²) in [5, 5.41) is 2.84. The van der Waals surface area contributed by atoms with Gasteiger partial charge in [-0.25, -0.2) is 0 Å². The fourth-order valence-corrected chi connectivity index (χ4v) is 3.69. The van der Waals surface area contributed by atoms with Gasteiger partial charge in [0.1, 0.15) is 5.75 Å². The number of carbonyl (C=O) groups is 3. The third kappa shape index (κ3) is 4.08. The summed E-state index contributed by atoms with van der Waals surface area (Å²) in [7, 11) is 0. The summed E-state index contributed by atoms with van der Waals surface area (Å²) < 4.78 is 5.43. The molecule has 0 saturated carbocycles. The molecule has 0 spiro atoms. The number of nitrogens with one attached hydrogen (secondary N) is 1. The van der Waals surface area contributed by atoms with E-state index in [0.29, 0.717) is 22.7 Å². The number of hydrogen-bond acceptors (Lipinski definition) is 4. The Hall–Kier alpha value is -3.35. The highest BCUT2D eigenvalue weighted by atomic mass is 16.5. The van der Waals surface area contributed by atoms with Crippen LogP contribution in [-0.2, 0) is 9.59 Å². The van der Waals surface area contributed by atoms with Crippen LogP contribution in [0.1, 0.15) is 29.6 Å². The number of benzene rings is 2. The van der Waals surface area contributed by atoms with E-state index in [2.05, 4.69) is 5.32 Å². The van der Waals surface area contributed by atoms with Crippen molar-refractivity contribution in [2.75, 3.05) is 36.5 Å². The van der Waals surface area contributed by atoms with Crippen LogP contribution < -0.4 is 15.0 Å². The van der Waals surface area contributed by atoms with Crippen LogP contribution in [0.5, 0.6) is 5.75 Å². The Bertz CT molecular complexity index is 937. The Kier molecular flexibility index (Phi) is 5.46. The van der Waals surface area contributed by atoms with Gasteiger partial charge in [-0.15, -0.1) is 0 Å². The van der Waals surface area contributed by atoms with Gasteiger partial charge in [0.2, 0.25) is 5.91 Å². The van der Waals surface area contributed by atoms with E-state index in [1.807, 2.05) is 17.0 Å². The number of fused-ring (bicyclic) bond motifs is 1. The Balaban J connectivity index is 1.42. The molecule has 1 N–H and O–H groups in total. The Morgan fingerprint density at radius 1 is 1.00 bits per heavy atom. The normalized spacial score (nSPS) is 15.7. The van der Waals surface area contributed by atoms with Crippen molar-refractivity contribution in [3.8, 4) is 5.75 Å². The number of hydrogen-bond donors (Lipinski definition) is 1. The van der Waals surface area contributed by atoms with Crippen LogP contribution in [0, 0.1) is 0 Å². The zero-order valence-electron chi connectivity index (χ0n) is 16.1. The lowest BCUT2D eigenvalue weighted by molar-refractivity contribution is -0.121. The molecule has 0 aliphatic carbocycles. The molecule has 2 aromatic carbocycles. The summed E-state index contributed by atoms with van der Waals surface area (Å²) in [4.78, 5) is 40.9. The van der Waals surface area contributed by atoms with E-state index >= 15 is 0 Å². The molecule has 4 rings (SSSR count).